The highest BCUT2D eigenvalue weighted by atomic mass is 16.1. The van der Waals surface area contributed by atoms with E-state index in [0.717, 1.165) is 44.4 Å². The molecule has 1 aromatic carbocycles. The lowest BCUT2D eigenvalue weighted by Crippen LogP contribution is -2.41. The van der Waals surface area contributed by atoms with Gasteiger partial charge in [0.25, 0.3) is 0 Å². The number of nitrogens with zero attached hydrogens (tertiary/aromatic N) is 1. The normalized spacial score (nSPS) is 17.1. The van der Waals surface area contributed by atoms with Gasteiger partial charge in [0.15, 0.2) is 0 Å². The lowest BCUT2D eigenvalue weighted by atomic mass is 10.0. The van der Waals surface area contributed by atoms with Crippen molar-refractivity contribution in [2.24, 2.45) is 5.73 Å². The van der Waals surface area contributed by atoms with Crippen molar-refractivity contribution in [1.82, 2.24) is 10.2 Å². The average molecular weight is 259 g/mol. The van der Waals surface area contributed by atoms with Gasteiger partial charge in [0.2, 0.25) is 6.41 Å². The molecule has 0 aromatic heterocycles. The molecular weight excluding hydrogens is 238 g/mol. The molecule has 1 aliphatic heterocycles. The Morgan fingerprint density at radius 3 is 2.53 bits per heavy atom. The molecule has 0 spiro atoms. The van der Waals surface area contributed by atoms with Crippen LogP contribution < -0.4 is 11.1 Å². The summed E-state index contributed by atoms with van der Waals surface area (Å²) in [5, 5.41) is 2.86. The van der Waals surface area contributed by atoms with Crippen LogP contribution in [-0.4, -0.2) is 30.4 Å². The molecule has 1 aromatic rings. The van der Waals surface area contributed by atoms with Crippen molar-refractivity contribution in [3.63, 3.8) is 0 Å². The summed E-state index contributed by atoms with van der Waals surface area (Å²) in [5.74, 6) is 0. The van der Waals surface area contributed by atoms with Crippen molar-refractivity contribution < 1.29 is 4.79 Å². The molecule has 0 atom stereocenters. The second-order valence-electron chi connectivity index (χ2n) is 5.06. The maximum absolute atomic E-state index is 10.4. The highest BCUT2D eigenvalue weighted by Crippen LogP contribution is 2.15. The van der Waals surface area contributed by atoms with Crippen LogP contribution in [0.1, 0.15) is 24.0 Å². The number of hydrogen-bond acceptors (Lipinski definition) is 3. The number of amides is 1. The molecule has 2 rings (SSSR count). The van der Waals surface area contributed by atoms with Gasteiger partial charge in [-0.1, -0.05) is 30.8 Å². The van der Waals surface area contributed by atoms with Gasteiger partial charge in [0.05, 0.1) is 0 Å². The quantitative estimate of drug-likeness (QED) is 0.784. The Hall–Kier alpha value is -1.81. The van der Waals surface area contributed by atoms with Crippen LogP contribution in [0.3, 0.4) is 0 Å². The second-order valence-corrected chi connectivity index (χ2v) is 5.06. The van der Waals surface area contributed by atoms with Crippen LogP contribution in [0.5, 0.6) is 0 Å². The van der Waals surface area contributed by atoms with E-state index >= 15 is 0 Å². The lowest BCUT2D eigenvalue weighted by Gasteiger charge is -2.31. The zero-order valence-electron chi connectivity index (χ0n) is 11.1. The lowest BCUT2D eigenvalue weighted by molar-refractivity contribution is -0.110. The number of benzene rings is 1. The number of nitrogens with two attached hydrogens (primary N) is 1. The third-order valence-corrected chi connectivity index (χ3v) is 3.62. The summed E-state index contributed by atoms with van der Waals surface area (Å²) < 4.78 is 0. The van der Waals surface area contributed by atoms with E-state index in [1.807, 2.05) is 12.1 Å². The predicted octanol–water partition coefficient (Wildman–Crippen LogP) is 1.33. The molecule has 0 unspecified atom stereocenters. The first kappa shape index (κ1) is 13.6. The standard InChI is InChI=1S/C15H21N3O/c1-12(16)14-4-2-13(3-5-14)10-18-8-6-15(7-9-18)17-11-19/h2-5,11,15H,1,6-10,16H2,(H,17,19). The minimum atomic E-state index is 0.344. The third-order valence-electron chi connectivity index (χ3n) is 3.62. The van der Waals surface area contributed by atoms with Crippen LogP contribution in [0.15, 0.2) is 30.8 Å². The first-order valence-electron chi connectivity index (χ1n) is 6.65. The van der Waals surface area contributed by atoms with E-state index in [9.17, 15) is 4.79 Å². The molecule has 0 radical (unpaired) electrons. The van der Waals surface area contributed by atoms with Gasteiger partial charge in [-0.15, -0.1) is 0 Å². The van der Waals surface area contributed by atoms with Gasteiger partial charge in [-0.05, 0) is 24.0 Å². The Balaban J connectivity index is 1.85. The van der Waals surface area contributed by atoms with E-state index in [1.165, 1.54) is 5.56 Å². The number of likely N-dealkylation sites (tertiary alicyclic amines) is 1. The molecule has 4 heteroatoms. The number of carbonyl (C=O) groups is 1. The Morgan fingerprint density at radius 1 is 1.37 bits per heavy atom. The molecule has 1 aliphatic rings. The van der Waals surface area contributed by atoms with Gasteiger partial charge in [-0.25, -0.2) is 0 Å². The van der Waals surface area contributed by atoms with Crippen molar-refractivity contribution in [1.29, 1.82) is 0 Å². The molecule has 3 N–H and O–H groups in total. The van der Waals surface area contributed by atoms with Crippen LogP contribution in [0.2, 0.25) is 0 Å². The number of piperidine rings is 1. The van der Waals surface area contributed by atoms with Gasteiger partial charge in [0, 0.05) is 31.4 Å². The fraction of sp³-hybridized carbons (Fsp3) is 0.400. The van der Waals surface area contributed by atoms with E-state index in [2.05, 4.69) is 28.9 Å². The van der Waals surface area contributed by atoms with Crippen molar-refractivity contribution in [2.75, 3.05) is 13.1 Å². The van der Waals surface area contributed by atoms with Crippen LogP contribution >= 0.6 is 0 Å². The Labute approximate surface area is 114 Å². The van der Waals surface area contributed by atoms with E-state index in [1.54, 1.807) is 0 Å². The predicted molar refractivity (Wildman–Crippen MR) is 77.2 cm³/mol. The fourth-order valence-electron chi connectivity index (χ4n) is 2.44. The smallest absolute Gasteiger partial charge is 0.207 e. The van der Waals surface area contributed by atoms with Gasteiger partial charge in [0.1, 0.15) is 0 Å². The number of hydrogen-bond donors (Lipinski definition) is 2. The van der Waals surface area contributed by atoms with Gasteiger partial charge < -0.3 is 11.1 Å². The fourth-order valence-corrected chi connectivity index (χ4v) is 2.44. The van der Waals surface area contributed by atoms with Crippen LogP contribution in [0, 0.1) is 0 Å². The highest BCUT2D eigenvalue weighted by Gasteiger charge is 2.18. The molecule has 0 saturated carbocycles. The van der Waals surface area contributed by atoms with E-state index in [0.29, 0.717) is 11.7 Å². The average Bonchev–Trinajstić information content (AvgIpc) is 2.42. The summed E-state index contributed by atoms with van der Waals surface area (Å²) in [7, 11) is 0. The Kier molecular flexibility index (Phi) is 4.58. The monoisotopic (exact) mass is 259 g/mol. The molecule has 1 saturated heterocycles. The third kappa shape index (κ3) is 3.83. The Bertz CT molecular complexity index is 433. The molecule has 1 heterocycles. The molecule has 1 amide bonds. The van der Waals surface area contributed by atoms with E-state index in [4.69, 9.17) is 5.73 Å². The first-order chi connectivity index (χ1) is 9.19. The van der Waals surface area contributed by atoms with Crippen LogP contribution in [0.25, 0.3) is 5.70 Å². The topological polar surface area (TPSA) is 58.4 Å². The maximum atomic E-state index is 10.4. The van der Waals surface area contributed by atoms with Gasteiger partial charge >= 0.3 is 0 Å². The molecule has 102 valence electrons. The van der Waals surface area contributed by atoms with Crippen molar-refractivity contribution >= 4 is 12.1 Å². The summed E-state index contributed by atoms with van der Waals surface area (Å²) in [6, 6.07) is 8.57. The summed E-state index contributed by atoms with van der Waals surface area (Å²) in [6.07, 6.45) is 2.85. The maximum Gasteiger partial charge on any atom is 0.207 e. The second kappa shape index (κ2) is 6.38. The highest BCUT2D eigenvalue weighted by molar-refractivity contribution is 5.60. The van der Waals surface area contributed by atoms with E-state index in [-0.39, 0.29) is 0 Å². The molecule has 4 nitrogen and oxygen atoms in total. The van der Waals surface area contributed by atoms with Crippen LogP contribution in [0.4, 0.5) is 0 Å². The summed E-state index contributed by atoms with van der Waals surface area (Å²) in [5.41, 5.74) is 8.52. The number of nitrogens with one attached hydrogen (secondary N) is 1. The molecule has 19 heavy (non-hydrogen) atoms. The Morgan fingerprint density at radius 2 is 2.00 bits per heavy atom. The summed E-state index contributed by atoms with van der Waals surface area (Å²) in [6.45, 7) is 6.73. The summed E-state index contributed by atoms with van der Waals surface area (Å²) >= 11 is 0. The van der Waals surface area contributed by atoms with Gasteiger partial charge in [-0.3, -0.25) is 9.69 Å². The largest absolute Gasteiger partial charge is 0.399 e. The minimum absolute atomic E-state index is 0.344. The molecule has 0 bridgehead atoms. The number of carbonyl (C=O) groups excluding carboxylic acids is 1. The van der Waals surface area contributed by atoms with Gasteiger partial charge in [-0.2, -0.15) is 0 Å². The molecule has 0 aliphatic carbocycles. The minimum Gasteiger partial charge on any atom is -0.399 e. The number of rotatable bonds is 5. The van der Waals surface area contributed by atoms with Crippen molar-refractivity contribution in [2.45, 2.75) is 25.4 Å². The molecule has 1 fully saturated rings. The first-order valence-corrected chi connectivity index (χ1v) is 6.65. The SMILES string of the molecule is C=C(N)c1ccc(CN2CCC(NC=O)CC2)cc1. The van der Waals surface area contributed by atoms with Crippen molar-refractivity contribution in [3.8, 4) is 0 Å². The van der Waals surface area contributed by atoms with Crippen LogP contribution in [-0.2, 0) is 11.3 Å². The van der Waals surface area contributed by atoms with Crippen molar-refractivity contribution in [3.05, 3.63) is 42.0 Å². The molecular formula is C15H21N3O. The summed E-state index contributed by atoms with van der Waals surface area (Å²) in [4.78, 5) is 12.8. The zero-order chi connectivity index (χ0) is 13.7. The van der Waals surface area contributed by atoms with E-state index < -0.39 is 0 Å². The zero-order valence-corrected chi connectivity index (χ0v) is 11.1.